The largest absolute Gasteiger partial charge is 0.494 e. The highest BCUT2D eigenvalue weighted by molar-refractivity contribution is 7.99. The zero-order chi connectivity index (χ0) is 15.3. The van der Waals surface area contributed by atoms with E-state index >= 15 is 0 Å². The van der Waals surface area contributed by atoms with E-state index in [1.54, 1.807) is 11.8 Å². The highest BCUT2D eigenvalue weighted by Crippen LogP contribution is 2.34. The van der Waals surface area contributed by atoms with Crippen molar-refractivity contribution in [3.05, 3.63) is 18.2 Å². The number of aromatic amines is 1. The van der Waals surface area contributed by atoms with Gasteiger partial charge in [0, 0.05) is 11.8 Å². The van der Waals surface area contributed by atoms with Gasteiger partial charge >= 0.3 is 0 Å². The summed E-state index contributed by atoms with van der Waals surface area (Å²) in [4.78, 5) is 8.03. The molecule has 1 heterocycles. The fourth-order valence-electron chi connectivity index (χ4n) is 2.23. The number of H-pyrrole nitrogens is 1. The Kier molecular flexibility index (Phi) is 5.88. The van der Waals surface area contributed by atoms with Gasteiger partial charge in [-0.25, -0.2) is 4.98 Å². The minimum absolute atomic E-state index is 0.295. The third kappa shape index (κ3) is 3.89. The lowest BCUT2D eigenvalue weighted by atomic mass is 9.87. The van der Waals surface area contributed by atoms with Crippen LogP contribution in [-0.4, -0.2) is 28.1 Å². The van der Waals surface area contributed by atoms with Gasteiger partial charge in [-0.3, -0.25) is 0 Å². The second-order valence-corrected chi connectivity index (χ2v) is 6.59. The summed E-state index contributed by atoms with van der Waals surface area (Å²) in [5.41, 5.74) is 2.32. The quantitative estimate of drug-likeness (QED) is 0.541. The molecule has 2 rings (SSSR count). The average Bonchev–Trinajstić information content (AvgIpc) is 2.92. The smallest absolute Gasteiger partial charge is 0.166 e. The Balaban J connectivity index is 2.12. The van der Waals surface area contributed by atoms with Gasteiger partial charge in [0.2, 0.25) is 0 Å². The molecule has 1 N–H and O–H groups in total. The van der Waals surface area contributed by atoms with Gasteiger partial charge < -0.3 is 9.72 Å². The van der Waals surface area contributed by atoms with E-state index in [-0.39, 0.29) is 0 Å². The van der Waals surface area contributed by atoms with Crippen molar-refractivity contribution in [1.82, 2.24) is 9.97 Å². The Bertz CT molecular complexity index is 570. The summed E-state index contributed by atoms with van der Waals surface area (Å²) < 4.78 is 5.52. The second-order valence-electron chi connectivity index (χ2n) is 5.31. The lowest BCUT2D eigenvalue weighted by molar-refractivity contribution is 0.340. The molecule has 5 heteroatoms. The average molecular weight is 325 g/mol. The number of ether oxygens (including phenoxy) is 1. The molecule has 0 aliphatic heterocycles. The highest BCUT2D eigenvalue weighted by Gasteiger charge is 2.25. The Morgan fingerprint density at radius 2 is 2.05 bits per heavy atom. The molecule has 0 saturated carbocycles. The van der Waals surface area contributed by atoms with Gasteiger partial charge in [-0.2, -0.15) is 12.6 Å². The van der Waals surface area contributed by atoms with Crippen LogP contribution in [0.3, 0.4) is 0 Å². The SMILES string of the molecule is CCOc1ccc2nc(SCC(CC)(CC)CS)[nH]c2c1. The normalized spacial score (nSPS) is 12.0. The van der Waals surface area contributed by atoms with Crippen LogP contribution in [0.15, 0.2) is 23.4 Å². The Labute approximate surface area is 136 Å². The predicted molar refractivity (Wildman–Crippen MR) is 94.9 cm³/mol. The number of nitrogens with zero attached hydrogens (tertiary/aromatic N) is 1. The standard InChI is InChI=1S/C16H24N2OS2/c1-4-16(5-2,10-20)11-21-15-17-13-8-7-12(19-6-3)9-14(13)18-15/h7-9,20H,4-6,10-11H2,1-3H3,(H,17,18). The van der Waals surface area contributed by atoms with E-state index in [1.807, 2.05) is 25.1 Å². The number of nitrogens with one attached hydrogen (secondary N) is 1. The number of thioether (sulfide) groups is 1. The van der Waals surface area contributed by atoms with Crippen molar-refractivity contribution in [3.63, 3.8) is 0 Å². The van der Waals surface area contributed by atoms with E-state index in [2.05, 4.69) is 36.4 Å². The maximum Gasteiger partial charge on any atom is 0.166 e. The first kappa shape index (κ1) is 16.6. The van der Waals surface area contributed by atoms with Crippen LogP contribution in [0.2, 0.25) is 0 Å². The first-order chi connectivity index (χ1) is 10.2. The molecule has 3 nitrogen and oxygen atoms in total. The molecule has 0 unspecified atom stereocenters. The number of hydrogen-bond acceptors (Lipinski definition) is 4. The molecule has 0 spiro atoms. The van der Waals surface area contributed by atoms with E-state index in [0.717, 1.165) is 46.3 Å². The number of thiol groups is 1. The number of benzene rings is 1. The number of hydrogen-bond donors (Lipinski definition) is 2. The third-order valence-corrected chi connectivity index (χ3v) is 5.99. The molecule has 0 bridgehead atoms. The summed E-state index contributed by atoms with van der Waals surface area (Å²) >= 11 is 6.32. The van der Waals surface area contributed by atoms with Crippen LogP contribution in [0, 0.1) is 5.41 Å². The van der Waals surface area contributed by atoms with Crippen LogP contribution in [0.4, 0.5) is 0 Å². The summed E-state index contributed by atoms with van der Waals surface area (Å²) in [5.74, 6) is 2.85. The molecule has 2 aromatic rings. The molecule has 0 atom stereocenters. The van der Waals surface area contributed by atoms with Crippen molar-refractivity contribution < 1.29 is 4.74 Å². The Morgan fingerprint density at radius 1 is 1.29 bits per heavy atom. The fourth-order valence-corrected chi connectivity index (χ4v) is 4.24. The minimum Gasteiger partial charge on any atom is -0.494 e. The molecule has 0 radical (unpaired) electrons. The molecule has 1 aromatic carbocycles. The van der Waals surface area contributed by atoms with Gasteiger partial charge in [0.25, 0.3) is 0 Å². The van der Waals surface area contributed by atoms with Crippen LogP contribution >= 0.6 is 24.4 Å². The van der Waals surface area contributed by atoms with Crippen molar-refractivity contribution in [3.8, 4) is 5.75 Å². The summed E-state index contributed by atoms with van der Waals surface area (Å²) in [6, 6.07) is 5.99. The lowest BCUT2D eigenvalue weighted by Crippen LogP contribution is -2.24. The predicted octanol–water partition coefficient (Wildman–Crippen LogP) is 4.79. The maximum atomic E-state index is 5.52. The topological polar surface area (TPSA) is 37.9 Å². The van der Waals surface area contributed by atoms with E-state index in [0.29, 0.717) is 12.0 Å². The minimum atomic E-state index is 0.295. The van der Waals surface area contributed by atoms with Gasteiger partial charge in [-0.05, 0) is 43.1 Å². The Morgan fingerprint density at radius 3 is 2.67 bits per heavy atom. The number of imidazole rings is 1. The molecular weight excluding hydrogens is 300 g/mol. The van der Waals surface area contributed by atoms with Gasteiger partial charge in [0.1, 0.15) is 5.75 Å². The molecule has 116 valence electrons. The van der Waals surface area contributed by atoms with Crippen LogP contribution in [0.25, 0.3) is 11.0 Å². The Hall–Kier alpha value is -0.810. The lowest BCUT2D eigenvalue weighted by Gasteiger charge is -2.28. The third-order valence-electron chi connectivity index (χ3n) is 4.09. The van der Waals surface area contributed by atoms with Crippen molar-refractivity contribution in [1.29, 1.82) is 0 Å². The maximum absolute atomic E-state index is 5.52. The highest BCUT2D eigenvalue weighted by atomic mass is 32.2. The van der Waals surface area contributed by atoms with Crippen molar-refractivity contribution in [2.75, 3.05) is 18.1 Å². The zero-order valence-electron chi connectivity index (χ0n) is 13.0. The molecule has 0 fully saturated rings. The molecular formula is C16H24N2OS2. The summed E-state index contributed by atoms with van der Waals surface area (Å²) in [5, 5.41) is 0.978. The molecule has 0 saturated heterocycles. The van der Waals surface area contributed by atoms with Crippen molar-refractivity contribution in [2.24, 2.45) is 5.41 Å². The molecule has 0 aliphatic carbocycles. The fraction of sp³-hybridized carbons (Fsp3) is 0.562. The summed E-state index contributed by atoms with van der Waals surface area (Å²) in [6.45, 7) is 7.16. The van der Waals surface area contributed by atoms with Crippen LogP contribution < -0.4 is 4.74 Å². The molecule has 0 aliphatic rings. The number of fused-ring (bicyclic) bond motifs is 1. The molecule has 21 heavy (non-hydrogen) atoms. The van der Waals surface area contributed by atoms with Gasteiger partial charge in [0.15, 0.2) is 5.16 Å². The van der Waals surface area contributed by atoms with Crippen LogP contribution in [0.1, 0.15) is 33.6 Å². The second kappa shape index (κ2) is 7.45. The van der Waals surface area contributed by atoms with Crippen molar-refractivity contribution in [2.45, 2.75) is 38.8 Å². The first-order valence-electron chi connectivity index (χ1n) is 7.52. The first-order valence-corrected chi connectivity index (χ1v) is 9.14. The van der Waals surface area contributed by atoms with Gasteiger partial charge in [-0.1, -0.05) is 25.6 Å². The summed E-state index contributed by atoms with van der Waals surface area (Å²) in [7, 11) is 0. The van der Waals surface area contributed by atoms with Crippen LogP contribution in [-0.2, 0) is 0 Å². The monoisotopic (exact) mass is 324 g/mol. The molecule has 0 amide bonds. The van der Waals surface area contributed by atoms with Gasteiger partial charge in [0.05, 0.1) is 17.6 Å². The van der Waals surface area contributed by atoms with E-state index in [1.165, 1.54) is 0 Å². The van der Waals surface area contributed by atoms with E-state index in [4.69, 9.17) is 4.74 Å². The number of rotatable bonds is 8. The summed E-state index contributed by atoms with van der Waals surface area (Å²) in [6.07, 6.45) is 2.30. The van der Waals surface area contributed by atoms with E-state index in [9.17, 15) is 0 Å². The number of aromatic nitrogens is 2. The zero-order valence-corrected chi connectivity index (χ0v) is 14.7. The van der Waals surface area contributed by atoms with Crippen molar-refractivity contribution >= 4 is 35.4 Å². The van der Waals surface area contributed by atoms with Crippen LogP contribution in [0.5, 0.6) is 5.75 Å². The van der Waals surface area contributed by atoms with Gasteiger partial charge in [-0.15, -0.1) is 0 Å². The molecule has 1 aromatic heterocycles. The van der Waals surface area contributed by atoms with E-state index < -0.39 is 0 Å².